The Morgan fingerprint density at radius 1 is 1.59 bits per heavy atom. The van der Waals surface area contributed by atoms with Crippen LogP contribution in [0.4, 0.5) is 5.82 Å². The molecule has 1 aromatic rings. The number of ether oxygens (including phenoxy) is 1. The van der Waals surface area contributed by atoms with E-state index in [2.05, 4.69) is 15.3 Å². The van der Waals surface area contributed by atoms with Gasteiger partial charge in [0.15, 0.2) is 5.69 Å². The van der Waals surface area contributed by atoms with E-state index in [1.54, 1.807) is 7.11 Å². The van der Waals surface area contributed by atoms with Crippen molar-refractivity contribution in [1.29, 1.82) is 0 Å². The summed E-state index contributed by atoms with van der Waals surface area (Å²) in [5.74, 6) is -0.785. The first-order valence-corrected chi connectivity index (χ1v) is 5.09. The SMILES string of the molecule is COCC(CCO)Nc1cncc(C(=O)O)n1. The van der Waals surface area contributed by atoms with Gasteiger partial charge in [0, 0.05) is 13.7 Å². The standard InChI is InChI=1S/C10H15N3O4/c1-17-6-7(2-3-14)12-9-5-11-4-8(13-9)10(15)16/h4-5,7,14H,2-3,6H2,1H3,(H,12,13)(H,15,16). The Morgan fingerprint density at radius 3 is 2.94 bits per heavy atom. The molecule has 0 radical (unpaired) electrons. The number of aromatic carboxylic acids is 1. The predicted molar refractivity (Wildman–Crippen MR) is 60.0 cm³/mol. The first-order valence-electron chi connectivity index (χ1n) is 5.09. The third-order valence-corrected chi connectivity index (χ3v) is 2.05. The Kier molecular flexibility index (Phi) is 5.31. The second kappa shape index (κ2) is 6.77. The van der Waals surface area contributed by atoms with Crippen LogP contribution >= 0.6 is 0 Å². The van der Waals surface area contributed by atoms with E-state index in [0.717, 1.165) is 0 Å². The molecule has 1 aromatic heterocycles. The molecule has 1 heterocycles. The minimum absolute atomic E-state index is 0.00702. The Balaban J connectivity index is 2.71. The molecular weight excluding hydrogens is 226 g/mol. The first kappa shape index (κ1) is 13.3. The Hall–Kier alpha value is -1.73. The van der Waals surface area contributed by atoms with Crippen LogP contribution in [0.3, 0.4) is 0 Å². The molecule has 17 heavy (non-hydrogen) atoms. The van der Waals surface area contributed by atoms with Crippen molar-refractivity contribution in [2.24, 2.45) is 0 Å². The van der Waals surface area contributed by atoms with E-state index in [4.69, 9.17) is 14.9 Å². The van der Waals surface area contributed by atoms with Crippen LogP contribution in [-0.4, -0.2) is 52.5 Å². The number of aromatic nitrogens is 2. The van der Waals surface area contributed by atoms with Gasteiger partial charge in [-0.15, -0.1) is 0 Å². The smallest absolute Gasteiger partial charge is 0.356 e. The van der Waals surface area contributed by atoms with Gasteiger partial charge < -0.3 is 20.3 Å². The summed E-state index contributed by atoms with van der Waals surface area (Å²) in [6, 6.07) is -0.136. The molecule has 0 aliphatic carbocycles. The lowest BCUT2D eigenvalue weighted by Gasteiger charge is -2.17. The van der Waals surface area contributed by atoms with Gasteiger partial charge in [-0.05, 0) is 6.42 Å². The minimum atomic E-state index is -1.13. The number of nitrogens with one attached hydrogen (secondary N) is 1. The van der Waals surface area contributed by atoms with Crippen LogP contribution in [0, 0.1) is 0 Å². The molecular formula is C10H15N3O4. The molecule has 1 rings (SSSR count). The normalized spacial score (nSPS) is 12.1. The number of aliphatic hydroxyl groups excluding tert-OH is 1. The molecule has 94 valence electrons. The van der Waals surface area contributed by atoms with Crippen molar-refractivity contribution in [3.8, 4) is 0 Å². The van der Waals surface area contributed by atoms with Gasteiger partial charge >= 0.3 is 5.97 Å². The second-order valence-electron chi connectivity index (χ2n) is 3.40. The summed E-state index contributed by atoms with van der Waals surface area (Å²) < 4.78 is 4.97. The largest absolute Gasteiger partial charge is 0.476 e. The summed E-state index contributed by atoms with van der Waals surface area (Å²) in [6.45, 7) is 0.395. The molecule has 7 heteroatoms. The summed E-state index contributed by atoms with van der Waals surface area (Å²) in [5.41, 5.74) is -0.129. The van der Waals surface area contributed by atoms with Crippen LogP contribution in [0.25, 0.3) is 0 Å². The molecule has 7 nitrogen and oxygen atoms in total. The Bertz CT molecular complexity index is 366. The molecule has 0 saturated carbocycles. The summed E-state index contributed by atoms with van der Waals surface area (Å²) in [4.78, 5) is 18.3. The second-order valence-corrected chi connectivity index (χ2v) is 3.40. The van der Waals surface area contributed by atoms with Crippen LogP contribution in [0.15, 0.2) is 12.4 Å². The van der Waals surface area contributed by atoms with E-state index in [9.17, 15) is 4.79 Å². The molecule has 0 aromatic carbocycles. The average Bonchev–Trinajstić information content (AvgIpc) is 2.30. The van der Waals surface area contributed by atoms with Crippen molar-refractivity contribution >= 4 is 11.8 Å². The molecule has 0 aliphatic rings. The topological polar surface area (TPSA) is 105 Å². The Morgan fingerprint density at radius 2 is 2.35 bits per heavy atom. The maximum atomic E-state index is 10.7. The lowest BCUT2D eigenvalue weighted by atomic mass is 10.2. The fourth-order valence-electron chi connectivity index (χ4n) is 1.30. The molecule has 0 spiro atoms. The Labute approximate surface area is 98.5 Å². The van der Waals surface area contributed by atoms with Gasteiger partial charge in [0.2, 0.25) is 0 Å². The minimum Gasteiger partial charge on any atom is -0.476 e. The maximum Gasteiger partial charge on any atom is 0.356 e. The number of aliphatic hydroxyl groups is 1. The lowest BCUT2D eigenvalue weighted by molar-refractivity contribution is 0.0690. The highest BCUT2D eigenvalue weighted by Gasteiger charge is 2.11. The fourth-order valence-corrected chi connectivity index (χ4v) is 1.30. The molecule has 0 fully saturated rings. The first-order chi connectivity index (χ1) is 8.17. The lowest BCUT2D eigenvalue weighted by Crippen LogP contribution is -2.27. The fraction of sp³-hybridized carbons (Fsp3) is 0.500. The van der Waals surface area contributed by atoms with E-state index in [-0.39, 0.29) is 18.3 Å². The summed E-state index contributed by atoms with van der Waals surface area (Å²) in [5, 5.41) is 20.6. The highest BCUT2D eigenvalue weighted by atomic mass is 16.5. The summed E-state index contributed by atoms with van der Waals surface area (Å²) in [7, 11) is 1.55. The van der Waals surface area contributed by atoms with Crippen molar-refractivity contribution < 1.29 is 19.7 Å². The number of hydrogen-bond acceptors (Lipinski definition) is 6. The monoisotopic (exact) mass is 241 g/mol. The molecule has 0 saturated heterocycles. The number of carboxylic acids is 1. The molecule has 1 atom stereocenters. The van der Waals surface area contributed by atoms with Gasteiger partial charge in [0.25, 0.3) is 0 Å². The van der Waals surface area contributed by atoms with Crippen molar-refractivity contribution in [3.63, 3.8) is 0 Å². The number of carboxylic acid groups (broad SMARTS) is 1. The summed E-state index contributed by atoms with van der Waals surface area (Å²) >= 11 is 0. The van der Waals surface area contributed by atoms with E-state index < -0.39 is 5.97 Å². The highest BCUT2D eigenvalue weighted by Crippen LogP contribution is 2.06. The molecule has 0 aliphatic heterocycles. The van der Waals surface area contributed by atoms with Gasteiger partial charge in [0.1, 0.15) is 5.82 Å². The number of rotatable bonds is 7. The van der Waals surface area contributed by atoms with Gasteiger partial charge in [-0.25, -0.2) is 9.78 Å². The molecule has 0 amide bonds. The van der Waals surface area contributed by atoms with Crippen LogP contribution in [0.5, 0.6) is 0 Å². The predicted octanol–water partition coefficient (Wildman–Crippen LogP) is -0.0159. The zero-order valence-electron chi connectivity index (χ0n) is 9.46. The van der Waals surface area contributed by atoms with E-state index in [0.29, 0.717) is 18.8 Å². The molecule has 1 unspecified atom stereocenters. The van der Waals surface area contributed by atoms with Crippen LogP contribution in [-0.2, 0) is 4.74 Å². The van der Waals surface area contributed by atoms with E-state index >= 15 is 0 Å². The van der Waals surface area contributed by atoms with Crippen LogP contribution in [0.2, 0.25) is 0 Å². The highest BCUT2D eigenvalue weighted by molar-refractivity contribution is 5.85. The third kappa shape index (κ3) is 4.33. The van der Waals surface area contributed by atoms with Gasteiger partial charge in [-0.3, -0.25) is 4.98 Å². The number of hydrogen-bond donors (Lipinski definition) is 3. The van der Waals surface area contributed by atoms with E-state index in [1.807, 2.05) is 0 Å². The van der Waals surface area contributed by atoms with Gasteiger partial charge in [-0.1, -0.05) is 0 Å². The third-order valence-electron chi connectivity index (χ3n) is 2.05. The van der Waals surface area contributed by atoms with Crippen LogP contribution in [0.1, 0.15) is 16.9 Å². The van der Waals surface area contributed by atoms with Crippen molar-refractivity contribution in [2.75, 3.05) is 25.6 Å². The molecule has 3 N–H and O–H groups in total. The molecule has 0 bridgehead atoms. The quantitative estimate of drug-likeness (QED) is 0.616. The van der Waals surface area contributed by atoms with Gasteiger partial charge in [0.05, 0.1) is 25.0 Å². The summed E-state index contributed by atoms with van der Waals surface area (Å²) in [6.07, 6.45) is 3.07. The number of methoxy groups -OCH3 is 1. The van der Waals surface area contributed by atoms with E-state index in [1.165, 1.54) is 12.4 Å². The van der Waals surface area contributed by atoms with Crippen LogP contribution < -0.4 is 5.32 Å². The zero-order chi connectivity index (χ0) is 12.7. The van der Waals surface area contributed by atoms with Crippen molar-refractivity contribution in [1.82, 2.24) is 9.97 Å². The van der Waals surface area contributed by atoms with Crippen molar-refractivity contribution in [3.05, 3.63) is 18.1 Å². The van der Waals surface area contributed by atoms with Gasteiger partial charge in [-0.2, -0.15) is 0 Å². The van der Waals surface area contributed by atoms with Crippen molar-refractivity contribution in [2.45, 2.75) is 12.5 Å². The number of carbonyl (C=O) groups is 1. The zero-order valence-corrected chi connectivity index (χ0v) is 9.46. The number of anilines is 1. The maximum absolute atomic E-state index is 10.7. The number of nitrogens with zero attached hydrogens (tertiary/aromatic N) is 2. The average molecular weight is 241 g/mol.